The molecule has 2 aromatic rings. The number of hydrogen-bond acceptors (Lipinski definition) is 5. The molecule has 0 aliphatic carbocycles. The Bertz CT molecular complexity index is 770. The molecule has 2 rings (SSSR count). The van der Waals surface area contributed by atoms with Crippen LogP contribution in [0.25, 0.3) is 5.52 Å². The van der Waals surface area contributed by atoms with Crippen LogP contribution in [0.15, 0.2) is 12.3 Å². The van der Waals surface area contributed by atoms with Gasteiger partial charge in [0.05, 0.1) is 30.3 Å². The van der Waals surface area contributed by atoms with E-state index >= 15 is 0 Å². The van der Waals surface area contributed by atoms with E-state index in [2.05, 4.69) is 14.6 Å². The van der Waals surface area contributed by atoms with Crippen molar-refractivity contribution in [1.82, 2.24) is 9.61 Å². The topological polar surface area (TPSA) is 69.9 Å². The second-order valence-electron chi connectivity index (χ2n) is 4.07. The van der Waals surface area contributed by atoms with Crippen LogP contribution >= 0.6 is 11.6 Å². The van der Waals surface area contributed by atoms with E-state index in [-0.39, 0.29) is 5.02 Å². The van der Waals surface area contributed by atoms with Crippen LogP contribution in [-0.4, -0.2) is 35.8 Å². The fraction of sp³-hybridized carbons (Fsp3) is 0.250. The van der Waals surface area contributed by atoms with E-state index in [0.717, 1.165) is 20.4 Å². The number of fused-ring (bicyclic) bond motifs is 1. The first-order valence-corrected chi connectivity index (χ1v) is 6.04. The molecule has 6 nitrogen and oxygen atoms in total. The number of pyridine rings is 1. The number of hydrogen-bond donors (Lipinski definition) is 0. The number of halogens is 4. The first kappa shape index (κ1) is 16.1. The molecule has 0 amide bonds. The molecule has 0 fully saturated rings. The lowest BCUT2D eigenvalue weighted by Crippen LogP contribution is -2.13. The third kappa shape index (κ3) is 2.59. The zero-order valence-electron chi connectivity index (χ0n) is 11.2. The Labute approximate surface area is 126 Å². The van der Waals surface area contributed by atoms with Gasteiger partial charge in [-0.15, -0.1) is 0 Å². The van der Waals surface area contributed by atoms with E-state index in [1.165, 1.54) is 0 Å². The number of rotatable bonds is 2. The van der Waals surface area contributed by atoms with Gasteiger partial charge < -0.3 is 9.47 Å². The summed E-state index contributed by atoms with van der Waals surface area (Å²) in [6, 6.07) is 0.631. The Kier molecular flexibility index (Phi) is 4.01. The molecule has 0 N–H and O–H groups in total. The van der Waals surface area contributed by atoms with Crippen LogP contribution in [0.1, 0.15) is 26.4 Å². The van der Waals surface area contributed by atoms with Crippen LogP contribution in [-0.2, 0) is 15.7 Å². The van der Waals surface area contributed by atoms with E-state index < -0.39 is 40.5 Å². The van der Waals surface area contributed by atoms with Crippen molar-refractivity contribution >= 4 is 29.1 Å². The van der Waals surface area contributed by atoms with Crippen molar-refractivity contribution in [3.63, 3.8) is 0 Å². The van der Waals surface area contributed by atoms with Crippen molar-refractivity contribution in [3.05, 3.63) is 34.1 Å². The predicted octanol–water partition coefficient (Wildman–Crippen LogP) is 2.58. The average Bonchev–Trinajstić information content (AvgIpc) is 2.82. The lowest BCUT2D eigenvalue weighted by Gasteiger charge is -2.10. The van der Waals surface area contributed by atoms with Crippen molar-refractivity contribution in [3.8, 4) is 0 Å². The molecule has 118 valence electrons. The van der Waals surface area contributed by atoms with E-state index in [4.69, 9.17) is 11.6 Å². The first-order valence-electron chi connectivity index (χ1n) is 5.66. The SMILES string of the molecule is COC(=O)c1nn2cc(Cl)cc(C(F)(F)F)c2c1C(=O)OC. The van der Waals surface area contributed by atoms with Crippen molar-refractivity contribution in [2.24, 2.45) is 0 Å². The molecule has 0 unspecified atom stereocenters. The molecule has 0 saturated heterocycles. The summed E-state index contributed by atoms with van der Waals surface area (Å²) in [4.78, 5) is 23.5. The lowest BCUT2D eigenvalue weighted by atomic mass is 10.1. The van der Waals surface area contributed by atoms with Crippen LogP contribution in [0, 0.1) is 0 Å². The summed E-state index contributed by atoms with van der Waals surface area (Å²) in [6.45, 7) is 0. The quantitative estimate of drug-likeness (QED) is 0.788. The molecule has 0 aliphatic heterocycles. The van der Waals surface area contributed by atoms with Crippen LogP contribution in [0.4, 0.5) is 13.2 Å². The normalized spacial score (nSPS) is 11.5. The van der Waals surface area contributed by atoms with Crippen LogP contribution < -0.4 is 0 Å². The van der Waals surface area contributed by atoms with E-state index in [9.17, 15) is 22.8 Å². The summed E-state index contributed by atoms with van der Waals surface area (Å²) in [6.07, 6.45) is -3.78. The standard InChI is InChI=1S/C12H8ClF3N2O4/c1-21-10(19)7-8(11(20)22-2)17-18-4-5(13)3-6(9(7)18)12(14,15)16/h3-4H,1-2H3. The fourth-order valence-electron chi connectivity index (χ4n) is 1.90. The highest BCUT2D eigenvalue weighted by atomic mass is 35.5. The summed E-state index contributed by atoms with van der Waals surface area (Å²) in [5.74, 6) is -2.23. The number of methoxy groups -OCH3 is 2. The summed E-state index contributed by atoms with van der Waals surface area (Å²) in [5.41, 5.74) is -3.09. The van der Waals surface area contributed by atoms with Gasteiger partial charge in [0.1, 0.15) is 5.56 Å². The van der Waals surface area contributed by atoms with Gasteiger partial charge in [-0.1, -0.05) is 11.6 Å². The zero-order chi connectivity index (χ0) is 16.7. The largest absolute Gasteiger partial charge is 0.465 e. The van der Waals surface area contributed by atoms with E-state index in [1.807, 2.05) is 0 Å². The van der Waals surface area contributed by atoms with Crippen LogP contribution in [0.5, 0.6) is 0 Å². The minimum absolute atomic E-state index is 0.268. The fourth-order valence-corrected chi connectivity index (χ4v) is 2.10. The van der Waals surface area contributed by atoms with Crippen molar-refractivity contribution in [1.29, 1.82) is 0 Å². The molecule has 0 aromatic carbocycles. The highest BCUT2D eigenvalue weighted by molar-refractivity contribution is 6.30. The Morgan fingerprint density at radius 2 is 1.82 bits per heavy atom. The molecule has 22 heavy (non-hydrogen) atoms. The summed E-state index contributed by atoms with van der Waals surface area (Å²) < 4.78 is 49.1. The van der Waals surface area contributed by atoms with Gasteiger partial charge in [0.25, 0.3) is 0 Å². The number of esters is 2. The second-order valence-corrected chi connectivity index (χ2v) is 4.51. The zero-order valence-corrected chi connectivity index (χ0v) is 11.9. The minimum atomic E-state index is -4.82. The Morgan fingerprint density at radius 3 is 2.32 bits per heavy atom. The number of nitrogens with zero attached hydrogens (tertiary/aromatic N) is 2. The maximum absolute atomic E-state index is 13.2. The molecule has 2 aromatic heterocycles. The van der Waals surface area contributed by atoms with E-state index in [0.29, 0.717) is 10.6 Å². The van der Waals surface area contributed by atoms with Gasteiger partial charge in [-0.25, -0.2) is 14.1 Å². The predicted molar refractivity (Wildman–Crippen MR) is 67.9 cm³/mol. The summed E-state index contributed by atoms with van der Waals surface area (Å²) >= 11 is 5.63. The van der Waals surface area contributed by atoms with Crippen molar-refractivity contribution in [2.75, 3.05) is 14.2 Å². The molecule has 0 aliphatic rings. The molecule has 0 saturated carbocycles. The molecule has 0 atom stereocenters. The lowest BCUT2D eigenvalue weighted by molar-refractivity contribution is -0.136. The minimum Gasteiger partial charge on any atom is -0.465 e. The number of ether oxygens (including phenoxy) is 2. The highest BCUT2D eigenvalue weighted by Crippen LogP contribution is 2.36. The van der Waals surface area contributed by atoms with E-state index in [1.54, 1.807) is 0 Å². The Balaban J connectivity index is 2.96. The van der Waals surface area contributed by atoms with Gasteiger partial charge >= 0.3 is 18.1 Å². The number of carbonyl (C=O) groups is 2. The third-order valence-electron chi connectivity index (χ3n) is 2.77. The van der Waals surface area contributed by atoms with Crippen molar-refractivity contribution in [2.45, 2.75) is 6.18 Å². The summed E-state index contributed by atoms with van der Waals surface area (Å²) in [5, 5.41) is 3.38. The highest BCUT2D eigenvalue weighted by Gasteiger charge is 2.38. The van der Waals surface area contributed by atoms with Gasteiger partial charge in [0.2, 0.25) is 0 Å². The molecule has 10 heteroatoms. The van der Waals surface area contributed by atoms with Gasteiger partial charge in [0, 0.05) is 6.20 Å². The number of aromatic nitrogens is 2. The molecule has 0 radical (unpaired) electrons. The maximum atomic E-state index is 13.2. The Morgan fingerprint density at radius 1 is 1.23 bits per heavy atom. The molecular weight excluding hydrogens is 329 g/mol. The molecule has 2 heterocycles. The number of alkyl halides is 3. The van der Waals surface area contributed by atoms with Gasteiger partial charge in [-0.3, -0.25) is 0 Å². The third-order valence-corrected chi connectivity index (χ3v) is 2.97. The monoisotopic (exact) mass is 336 g/mol. The van der Waals surface area contributed by atoms with Crippen LogP contribution in [0.3, 0.4) is 0 Å². The number of carbonyl (C=O) groups excluding carboxylic acids is 2. The maximum Gasteiger partial charge on any atom is 0.418 e. The van der Waals surface area contributed by atoms with Crippen LogP contribution in [0.2, 0.25) is 5.02 Å². The summed E-state index contributed by atoms with van der Waals surface area (Å²) in [7, 11) is 1.97. The first-order chi connectivity index (χ1) is 10.2. The smallest absolute Gasteiger partial charge is 0.418 e. The van der Waals surface area contributed by atoms with Gasteiger partial charge in [0.15, 0.2) is 5.69 Å². The molecular formula is C12H8ClF3N2O4. The van der Waals surface area contributed by atoms with Gasteiger partial charge in [-0.05, 0) is 6.07 Å². The molecule has 0 bridgehead atoms. The van der Waals surface area contributed by atoms with Gasteiger partial charge in [-0.2, -0.15) is 18.3 Å². The van der Waals surface area contributed by atoms with Crippen molar-refractivity contribution < 1.29 is 32.2 Å². The second kappa shape index (κ2) is 5.48. The molecule has 0 spiro atoms. The average molecular weight is 337 g/mol. The Hall–Kier alpha value is -2.29.